The second kappa shape index (κ2) is 6.83. The average molecular weight is 285 g/mol. The summed E-state index contributed by atoms with van der Waals surface area (Å²) < 4.78 is 0. The molecule has 0 radical (unpaired) electrons. The normalized spacial score (nSPS) is 18.8. The fourth-order valence-electron chi connectivity index (χ4n) is 2.52. The van der Waals surface area contributed by atoms with Crippen LogP contribution in [0.25, 0.3) is 0 Å². The van der Waals surface area contributed by atoms with Gasteiger partial charge in [-0.2, -0.15) is 11.8 Å². The molecular formula is C15H21ClOS. The molecule has 0 aromatic heterocycles. The number of aliphatic hydroxyl groups excluding tert-OH is 1. The predicted octanol–water partition coefficient (Wildman–Crippen LogP) is 4.09. The SMILES string of the molecule is Cc1ccc(CC(O)CC2CCSCC2)c(Cl)c1. The van der Waals surface area contributed by atoms with Gasteiger partial charge in [0.2, 0.25) is 0 Å². The standard InChI is InChI=1S/C15H21ClOS/c1-11-2-3-13(15(16)8-11)10-14(17)9-12-4-6-18-7-5-12/h2-3,8,12,14,17H,4-7,9-10H2,1H3. The molecule has 0 aliphatic carbocycles. The molecule has 1 nitrogen and oxygen atoms in total. The van der Waals surface area contributed by atoms with Crippen LogP contribution in [0.1, 0.15) is 30.4 Å². The van der Waals surface area contributed by atoms with Gasteiger partial charge in [0.15, 0.2) is 0 Å². The van der Waals surface area contributed by atoms with Gasteiger partial charge in [-0.25, -0.2) is 0 Å². The molecule has 0 amide bonds. The van der Waals surface area contributed by atoms with Gasteiger partial charge in [-0.1, -0.05) is 23.7 Å². The summed E-state index contributed by atoms with van der Waals surface area (Å²) in [6.45, 7) is 2.03. The predicted molar refractivity (Wildman–Crippen MR) is 80.6 cm³/mol. The minimum Gasteiger partial charge on any atom is -0.393 e. The van der Waals surface area contributed by atoms with E-state index in [0.717, 1.165) is 17.0 Å². The van der Waals surface area contributed by atoms with Crippen molar-refractivity contribution in [3.05, 3.63) is 34.3 Å². The molecule has 2 rings (SSSR count). The lowest BCUT2D eigenvalue weighted by Crippen LogP contribution is -2.19. The number of aryl methyl sites for hydroxylation is 1. The van der Waals surface area contributed by atoms with Crippen molar-refractivity contribution in [2.75, 3.05) is 11.5 Å². The Bertz CT molecular complexity index is 388. The summed E-state index contributed by atoms with van der Waals surface area (Å²) >= 11 is 8.23. The van der Waals surface area contributed by atoms with Gasteiger partial charge in [0.05, 0.1) is 6.10 Å². The van der Waals surface area contributed by atoms with Gasteiger partial charge in [0.1, 0.15) is 0 Å². The fourth-order valence-corrected chi connectivity index (χ4v) is 4.04. The Balaban J connectivity index is 1.87. The van der Waals surface area contributed by atoms with Gasteiger partial charge in [-0.3, -0.25) is 0 Å². The smallest absolute Gasteiger partial charge is 0.0583 e. The summed E-state index contributed by atoms with van der Waals surface area (Å²) in [5.41, 5.74) is 2.24. The van der Waals surface area contributed by atoms with E-state index in [1.165, 1.54) is 29.9 Å². The number of hydrogen-bond donors (Lipinski definition) is 1. The van der Waals surface area contributed by atoms with Crippen LogP contribution in [0.4, 0.5) is 0 Å². The molecular weight excluding hydrogens is 264 g/mol. The minimum absolute atomic E-state index is 0.252. The van der Waals surface area contributed by atoms with E-state index in [0.29, 0.717) is 12.3 Å². The van der Waals surface area contributed by atoms with Crippen molar-refractivity contribution in [3.8, 4) is 0 Å². The second-order valence-corrected chi connectivity index (χ2v) is 6.88. The van der Waals surface area contributed by atoms with E-state index < -0.39 is 0 Å². The molecule has 1 aliphatic heterocycles. The van der Waals surface area contributed by atoms with E-state index in [-0.39, 0.29) is 6.10 Å². The van der Waals surface area contributed by atoms with Crippen LogP contribution >= 0.6 is 23.4 Å². The monoisotopic (exact) mass is 284 g/mol. The summed E-state index contributed by atoms with van der Waals surface area (Å²) in [4.78, 5) is 0. The van der Waals surface area contributed by atoms with Crippen molar-refractivity contribution < 1.29 is 5.11 Å². The highest BCUT2D eigenvalue weighted by atomic mass is 35.5. The Morgan fingerprint density at radius 2 is 2.11 bits per heavy atom. The Hall–Kier alpha value is -0.180. The second-order valence-electron chi connectivity index (χ2n) is 5.24. The highest BCUT2D eigenvalue weighted by molar-refractivity contribution is 7.99. The maximum Gasteiger partial charge on any atom is 0.0583 e. The zero-order chi connectivity index (χ0) is 13.0. The van der Waals surface area contributed by atoms with Crippen LogP contribution in [0.15, 0.2) is 18.2 Å². The van der Waals surface area contributed by atoms with E-state index in [2.05, 4.69) is 6.07 Å². The molecule has 1 fully saturated rings. The zero-order valence-electron chi connectivity index (χ0n) is 10.9. The van der Waals surface area contributed by atoms with Crippen molar-refractivity contribution in [2.24, 2.45) is 5.92 Å². The Kier molecular flexibility index (Phi) is 5.40. The van der Waals surface area contributed by atoms with Crippen LogP contribution in [-0.2, 0) is 6.42 Å². The molecule has 0 bridgehead atoms. The first-order valence-corrected chi connectivity index (χ1v) is 8.19. The van der Waals surface area contributed by atoms with E-state index in [1.807, 2.05) is 30.8 Å². The summed E-state index contributed by atoms with van der Waals surface area (Å²) in [6.07, 6.45) is 3.86. The molecule has 1 aliphatic rings. The van der Waals surface area contributed by atoms with Crippen molar-refractivity contribution >= 4 is 23.4 Å². The lowest BCUT2D eigenvalue weighted by Gasteiger charge is -2.24. The molecule has 100 valence electrons. The average Bonchev–Trinajstić information content (AvgIpc) is 2.34. The molecule has 18 heavy (non-hydrogen) atoms. The Morgan fingerprint density at radius 3 is 2.78 bits per heavy atom. The van der Waals surface area contributed by atoms with E-state index in [9.17, 15) is 5.11 Å². The highest BCUT2D eigenvalue weighted by Gasteiger charge is 2.18. The lowest BCUT2D eigenvalue weighted by molar-refractivity contribution is 0.139. The van der Waals surface area contributed by atoms with Crippen LogP contribution < -0.4 is 0 Å². The first-order chi connectivity index (χ1) is 8.65. The molecule has 1 N–H and O–H groups in total. The molecule has 1 heterocycles. The lowest BCUT2D eigenvalue weighted by atomic mass is 9.92. The van der Waals surface area contributed by atoms with Crippen LogP contribution in [-0.4, -0.2) is 22.7 Å². The summed E-state index contributed by atoms with van der Waals surface area (Å²) in [5, 5.41) is 11.0. The van der Waals surface area contributed by atoms with Crippen LogP contribution in [0.2, 0.25) is 5.02 Å². The first kappa shape index (κ1) is 14.2. The van der Waals surface area contributed by atoms with Crippen molar-refractivity contribution in [2.45, 2.75) is 38.7 Å². The molecule has 0 saturated carbocycles. The molecule has 1 atom stereocenters. The molecule has 1 saturated heterocycles. The van der Waals surface area contributed by atoms with E-state index in [1.54, 1.807) is 0 Å². The zero-order valence-corrected chi connectivity index (χ0v) is 12.4. The van der Waals surface area contributed by atoms with E-state index in [4.69, 9.17) is 11.6 Å². The molecule has 1 unspecified atom stereocenters. The highest BCUT2D eigenvalue weighted by Crippen LogP contribution is 2.28. The molecule has 1 aromatic carbocycles. The topological polar surface area (TPSA) is 20.2 Å². The van der Waals surface area contributed by atoms with Gasteiger partial charge >= 0.3 is 0 Å². The number of thioether (sulfide) groups is 1. The summed E-state index contributed by atoms with van der Waals surface area (Å²) in [5.74, 6) is 3.20. The van der Waals surface area contributed by atoms with Crippen molar-refractivity contribution in [1.29, 1.82) is 0 Å². The van der Waals surface area contributed by atoms with Gasteiger partial charge in [0, 0.05) is 5.02 Å². The third-order valence-electron chi connectivity index (χ3n) is 3.61. The van der Waals surface area contributed by atoms with Gasteiger partial charge in [-0.15, -0.1) is 0 Å². The summed E-state index contributed by atoms with van der Waals surface area (Å²) in [6, 6.07) is 6.07. The largest absolute Gasteiger partial charge is 0.393 e. The van der Waals surface area contributed by atoms with Gasteiger partial charge < -0.3 is 5.11 Å². The molecule has 1 aromatic rings. The molecule has 3 heteroatoms. The van der Waals surface area contributed by atoms with Crippen LogP contribution in [0.5, 0.6) is 0 Å². The number of hydrogen-bond acceptors (Lipinski definition) is 2. The Labute approximate surface area is 119 Å². The molecule has 0 spiro atoms. The third kappa shape index (κ3) is 4.18. The summed E-state index contributed by atoms with van der Waals surface area (Å²) in [7, 11) is 0. The van der Waals surface area contributed by atoms with Gasteiger partial charge in [0.25, 0.3) is 0 Å². The maximum atomic E-state index is 10.2. The number of aliphatic hydroxyl groups is 1. The van der Waals surface area contributed by atoms with Gasteiger partial charge in [-0.05, 0) is 67.2 Å². The van der Waals surface area contributed by atoms with E-state index >= 15 is 0 Å². The first-order valence-electron chi connectivity index (χ1n) is 6.66. The minimum atomic E-state index is -0.252. The number of benzene rings is 1. The van der Waals surface area contributed by atoms with Crippen molar-refractivity contribution in [3.63, 3.8) is 0 Å². The quantitative estimate of drug-likeness (QED) is 0.899. The Morgan fingerprint density at radius 1 is 1.39 bits per heavy atom. The van der Waals surface area contributed by atoms with Crippen LogP contribution in [0.3, 0.4) is 0 Å². The third-order valence-corrected chi connectivity index (χ3v) is 5.01. The van der Waals surface area contributed by atoms with Crippen LogP contribution in [0, 0.1) is 12.8 Å². The van der Waals surface area contributed by atoms with Crippen molar-refractivity contribution in [1.82, 2.24) is 0 Å². The maximum absolute atomic E-state index is 10.2. The number of rotatable bonds is 4. The number of halogens is 1. The fraction of sp³-hybridized carbons (Fsp3) is 0.600.